The smallest absolute Gasteiger partial charge is 0.120 e. The normalized spacial score (nSPS) is 18.3. The number of aliphatic hydroxyl groups is 1. The molecule has 0 aliphatic carbocycles. The molecule has 4 heteroatoms. The predicted octanol–water partition coefficient (Wildman–Crippen LogP) is 1.52. The van der Waals surface area contributed by atoms with Crippen molar-refractivity contribution in [2.75, 3.05) is 40.0 Å². The lowest BCUT2D eigenvalue weighted by molar-refractivity contribution is 0.106. The Hall–Kier alpha value is -1.54. The summed E-state index contributed by atoms with van der Waals surface area (Å²) in [5.74, 6) is 6.77. The van der Waals surface area contributed by atoms with Gasteiger partial charge in [-0.25, -0.2) is 0 Å². The molecule has 1 heterocycles. The van der Waals surface area contributed by atoms with Gasteiger partial charge in [0.15, 0.2) is 0 Å². The van der Waals surface area contributed by atoms with Gasteiger partial charge in [-0.3, -0.25) is 4.90 Å². The lowest BCUT2D eigenvalue weighted by atomic mass is 10.2. The number of likely N-dealkylation sites (tertiary alicyclic amines) is 1. The Balaban J connectivity index is 1.76. The fourth-order valence-corrected chi connectivity index (χ4v) is 2.37. The highest BCUT2D eigenvalue weighted by Gasteiger charge is 2.21. The van der Waals surface area contributed by atoms with Gasteiger partial charge in [0.2, 0.25) is 0 Å². The predicted molar refractivity (Wildman–Crippen MR) is 82.4 cm³/mol. The summed E-state index contributed by atoms with van der Waals surface area (Å²) in [6.45, 7) is 3.76. The molecule has 2 rings (SSSR count). The van der Waals surface area contributed by atoms with E-state index in [2.05, 4.69) is 16.7 Å². The van der Waals surface area contributed by atoms with Crippen molar-refractivity contribution >= 4 is 0 Å². The first kappa shape index (κ1) is 15.8. The van der Waals surface area contributed by atoms with E-state index in [1.807, 2.05) is 24.3 Å². The highest BCUT2D eigenvalue weighted by Crippen LogP contribution is 2.14. The van der Waals surface area contributed by atoms with Crippen molar-refractivity contribution in [3.05, 3.63) is 29.8 Å². The van der Waals surface area contributed by atoms with Gasteiger partial charge in [0.1, 0.15) is 12.4 Å². The number of aliphatic hydroxyl groups excluding tert-OH is 1. The van der Waals surface area contributed by atoms with E-state index >= 15 is 0 Å². The number of hydrogen-bond acceptors (Lipinski definition) is 4. The van der Waals surface area contributed by atoms with Gasteiger partial charge in [0, 0.05) is 38.7 Å². The van der Waals surface area contributed by atoms with E-state index in [0.717, 1.165) is 37.4 Å². The van der Waals surface area contributed by atoms with Crippen LogP contribution in [-0.2, 0) is 4.74 Å². The van der Waals surface area contributed by atoms with Crippen LogP contribution in [0.4, 0.5) is 0 Å². The summed E-state index contributed by atoms with van der Waals surface area (Å²) in [6.07, 6.45) is 1.97. The van der Waals surface area contributed by atoms with Crippen LogP contribution in [0.25, 0.3) is 0 Å². The minimum Gasteiger partial charge on any atom is -0.492 e. The fourth-order valence-electron chi connectivity index (χ4n) is 2.37. The molecule has 0 aromatic heterocycles. The minimum atomic E-state index is 0.0987. The molecule has 0 radical (unpaired) electrons. The molecule has 1 aliphatic heterocycles. The van der Waals surface area contributed by atoms with Crippen LogP contribution in [0.1, 0.15) is 18.4 Å². The standard InChI is InChI=1S/C17H23NO3/c1-20-17-8-9-18(14-17)10-12-21-16-7-4-6-15(13-16)5-2-3-11-19/h4,6-7,13,17,19H,3,8-12,14H2,1H3. The molecule has 1 aromatic rings. The molecule has 21 heavy (non-hydrogen) atoms. The molecule has 1 N–H and O–H groups in total. The largest absolute Gasteiger partial charge is 0.492 e. The topological polar surface area (TPSA) is 41.9 Å². The van der Waals surface area contributed by atoms with Crippen molar-refractivity contribution in [1.29, 1.82) is 0 Å². The van der Waals surface area contributed by atoms with Gasteiger partial charge in [-0.2, -0.15) is 0 Å². The van der Waals surface area contributed by atoms with Crippen LogP contribution in [0, 0.1) is 11.8 Å². The first-order chi connectivity index (χ1) is 10.3. The van der Waals surface area contributed by atoms with Crippen LogP contribution in [0.3, 0.4) is 0 Å². The molecule has 114 valence electrons. The van der Waals surface area contributed by atoms with E-state index in [9.17, 15) is 0 Å². The maximum atomic E-state index is 8.71. The van der Waals surface area contributed by atoms with Gasteiger partial charge in [-0.15, -0.1) is 0 Å². The molecule has 0 amide bonds. The maximum absolute atomic E-state index is 8.71. The average molecular weight is 289 g/mol. The number of methoxy groups -OCH3 is 1. The van der Waals surface area contributed by atoms with E-state index < -0.39 is 0 Å². The van der Waals surface area contributed by atoms with Crippen molar-refractivity contribution in [3.63, 3.8) is 0 Å². The van der Waals surface area contributed by atoms with Crippen LogP contribution in [0.15, 0.2) is 24.3 Å². The molecule has 1 aliphatic rings. The summed E-state index contributed by atoms with van der Waals surface area (Å²) >= 11 is 0. The number of ether oxygens (including phenoxy) is 2. The molecular weight excluding hydrogens is 266 g/mol. The Morgan fingerprint density at radius 2 is 2.33 bits per heavy atom. The Bertz CT molecular complexity index is 492. The molecular formula is C17H23NO3. The van der Waals surface area contributed by atoms with Crippen LogP contribution < -0.4 is 4.74 Å². The summed E-state index contributed by atoms with van der Waals surface area (Å²) in [5, 5.41) is 8.71. The Morgan fingerprint density at radius 1 is 1.43 bits per heavy atom. The zero-order chi connectivity index (χ0) is 14.9. The van der Waals surface area contributed by atoms with Crippen molar-refractivity contribution < 1.29 is 14.6 Å². The molecule has 1 unspecified atom stereocenters. The fraction of sp³-hybridized carbons (Fsp3) is 0.529. The first-order valence-electron chi connectivity index (χ1n) is 7.39. The number of nitrogens with zero attached hydrogens (tertiary/aromatic N) is 1. The molecule has 1 fully saturated rings. The molecule has 1 atom stereocenters. The van der Waals surface area contributed by atoms with Gasteiger partial charge < -0.3 is 14.6 Å². The second kappa shape index (κ2) is 8.68. The third-order valence-corrected chi connectivity index (χ3v) is 3.54. The maximum Gasteiger partial charge on any atom is 0.120 e. The molecule has 0 bridgehead atoms. The molecule has 0 saturated carbocycles. The van der Waals surface area contributed by atoms with Gasteiger partial charge in [0.25, 0.3) is 0 Å². The molecule has 0 spiro atoms. The Morgan fingerprint density at radius 3 is 3.10 bits per heavy atom. The number of benzene rings is 1. The second-order valence-electron chi connectivity index (χ2n) is 5.10. The SMILES string of the molecule is COC1CCN(CCOc2cccc(C#CCCO)c2)C1. The quantitative estimate of drug-likeness (QED) is 0.806. The van der Waals surface area contributed by atoms with Gasteiger partial charge >= 0.3 is 0 Å². The van der Waals surface area contributed by atoms with Gasteiger partial charge in [-0.05, 0) is 24.6 Å². The first-order valence-corrected chi connectivity index (χ1v) is 7.39. The zero-order valence-corrected chi connectivity index (χ0v) is 12.5. The van der Waals surface area contributed by atoms with Crippen LogP contribution in [0.5, 0.6) is 5.75 Å². The molecule has 1 saturated heterocycles. The van der Waals surface area contributed by atoms with Crippen molar-refractivity contribution in [2.24, 2.45) is 0 Å². The lowest BCUT2D eigenvalue weighted by Crippen LogP contribution is -2.27. The number of rotatable bonds is 6. The number of hydrogen-bond donors (Lipinski definition) is 1. The summed E-state index contributed by atoms with van der Waals surface area (Å²) in [5.41, 5.74) is 0.918. The highest BCUT2D eigenvalue weighted by atomic mass is 16.5. The average Bonchev–Trinajstić information content (AvgIpc) is 2.96. The third kappa shape index (κ3) is 5.39. The van der Waals surface area contributed by atoms with Crippen molar-refractivity contribution in [3.8, 4) is 17.6 Å². The highest BCUT2D eigenvalue weighted by molar-refractivity contribution is 5.39. The molecule has 4 nitrogen and oxygen atoms in total. The van der Waals surface area contributed by atoms with Crippen molar-refractivity contribution in [2.45, 2.75) is 18.9 Å². The van der Waals surface area contributed by atoms with Gasteiger partial charge in [-0.1, -0.05) is 17.9 Å². The van der Waals surface area contributed by atoms with Crippen LogP contribution in [-0.4, -0.2) is 56.1 Å². The van der Waals surface area contributed by atoms with E-state index in [1.54, 1.807) is 7.11 Å². The summed E-state index contributed by atoms with van der Waals surface area (Å²) < 4.78 is 11.1. The van der Waals surface area contributed by atoms with Gasteiger partial charge in [0.05, 0.1) is 12.7 Å². The zero-order valence-electron chi connectivity index (χ0n) is 12.5. The molecule has 1 aromatic carbocycles. The van der Waals surface area contributed by atoms with Crippen molar-refractivity contribution in [1.82, 2.24) is 4.90 Å². The second-order valence-corrected chi connectivity index (χ2v) is 5.10. The monoisotopic (exact) mass is 289 g/mol. The van der Waals surface area contributed by atoms with E-state index in [-0.39, 0.29) is 6.61 Å². The van der Waals surface area contributed by atoms with E-state index in [0.29, 0.717) is 19.1 Å². The summed E-state index contributed by atoms with van der Waals surface area (Å²) in [4.78, 5) is 2.36. The van der Waals surface area contributed by atoms with Crippen LogP contribution >= 0.6 is 0 Å². The Kier molecular flexibility index (Phi) is 6.55. The Labute approximate surface area is 126 Å². The van der Waals surface area contributed by atoms with Crippen LogP contribution in [0.2, 0.25) is 0 Å². The van der Waals surface area contributed by atoms with E-state index in [4.69, 9.17) is 14.6 Å². The lowest BCUT2D eigenvalue weighted by Gasteiger charge is -2.16. The third-order valence-electron chi connectivity index (χ3n) is 3.54. The summed E-state index contributed by atoms with van der Waals surface area (Å²) in [7, 11) is 1.77. The van der Waals surface area contributed by atoms with E-state index in [1.165, 1.54) is 0 Å². The minimum absolute atomic E-state index is 0.0987. The summed E-state index contributed by atoms with van der Waals surface area (Å²) in [6, 6.07) is 7.77.